The van der Waals surface area contributed by atoms with Gasteiger partial charge in [0, 0.05) is 38.6 Å². The summed E-state index contributed by atoms with van der Waals surface area (Å²) in [5.74, 6) is 0.149. The average molecular weight is 290 g/mol. The first-order valence-electron chi connectivity index (χ1n) is 7.57. The summed E-state index contributed by atoms with van der Waals surface area (Å²) in [5, 5.41) is 0. The van der Waals surface area contributed by atoms with Crippen LogP contribution in [-0.4, -0.2) is 52.4 Å². The predicted molar refractivity (Wildman–Crippen MR) is 83.7 cm³/mol. The number of nitrogens with two attached hydrogens (primary N) is 1. The number of piperazine rings is 1. The van der Waals surface area contributed by atoms with Crippen molar-refractivity contribution < 1.29 is 4.79 Å². The minimum atomic E-state index is -0.548. The van der Waals surface area contributed by atoms with Gasteiger partial charge in [-0.25, -0.2) is 0 Å². The molecule has 5 nitrogen and oxygen atoms in total. The summed E-state index contributed by atoms with van der Waals surface area (Å²) in [4.78, 5) is 20.7. The van der Waals surface area contributed by atoms with E-state index in [-0.39, 0.29) is 18.0 Å². The van der Waals surface area contributed by atoms with E-state index in [4.69, 9.17) is 5.73 Å². The number of carbonyl (C=O) groups excluding carboxylic acids is 1. The Morgan fingerprint density at radius 1 is 1.33 bits per heavy atom. The fraction of sp³-hybridized carbons (Fsp3) is 0.625. The topological polar surface area (TPSA) is 62.5 Å². The third-order valence-electron chi connectivity index (χ3n) is 4.52. The molecule has 1 saturated heterocycles. The van der Waals surface area contributed by atoms with Crippen LogP contribution in [0.5, 0.6) is 0 Å². The Hall–Kier alpha value is -1.46. The Morgan fingerprint density at radius 2 is 1.95 bits per heavy atom. The summed E-state index contributed by atoms with van der Waals surface area (Å²) in [6.45, 7) is 7.63. The second-order valence-corrected chi connectivity index (χ2v) is 6.28. The van der Waals surface area contributed by atoms with Crippen LogP contribution in [0.1, 0.15) is 38.8 Å². The minimum Gasteiger partial charge on any atom is -0.343 e. The Balaban J connectivity index is 2.40. The molecule has 1 amide bonds. The molecule has 0 aromatic carbocycles. The number of aromatic nitrogens is 1. The highest BCUT2D eigenvalue weighted by molar-refractivity contribution is 5.86. The quantitative estimate of drug-likeness (QED) is 0.911. The number of carbonyl (C=O) groups is 1. The SMILES string of the molecule is CCC(N)C(c1ccncc1)N1CCN(C)C(=O)C1(C)C. The van der Waals surface area contributed by atoms with Crippen LogP contribution in [0.3, 0.4) is 0 Å². The van der Waals surface area contributed by atoms with Gasteiger partial charge in [-0.2, -0.15) is 0 Å². The molecule has 1 aliphatic heterocycles. The van der Waals surface area contributed by atoms with Crippen molar-refractivity contribution in [3.8, 4) is 0 Å². The normalized spacial score (nSPS) is 22.1. The van der Waals surface area contributed by atoms with E-state index in [1.807, 2.05) is 33.0 Å². The van der Waals surface area contributed by atoms with E-state index in [2.05, 4.69) is 16.8 Å². The van der Waals surface area contributed by atoms with Crippen LogP contribution in [0, 0.1) is 0 Å². The van der Waals surface area contributed by atoms with Crippen molar-refractivity contribution >= 4 is 5.91 Å². The van der Waals surface area contributed by atoms with Crippen molar-refractivity contribution in [1.29, 1.82) is 0 Å². The first-order chi connectivity index (χ1) is 9.89. The maximum Gasteiger partial charge on any atom is 0.242 e. The van der Waals surface area contributed by atoms with Crippen LogP contribution in [-0.2, 0) is 4.79 Å². The number of nitrogens with zero attached hydrogens (tertiary/aromatic N) is 3. The third kappa shape index (κ3) is 2.94. The summed E-state index contributed by atoms with van der Waals surface area (Å²) >= 11 is 0. The predicted octanol–water partition coefficient (Wildman–Crippen LogP) is 1.41. The van der Waals surface area contributed by atoms with Crippen LogP contribution >= 0.6 is 0 Å². The Bertz CT molecular complexity index is 488. The Kier molecular flexibility index (Phi) is 4.64. The van der Waals surface area contributed by atoms with E-state index in [9.17, 15) is 4.79 Å². The molecule has 1 fully saturated rings. The van der Waals surface area contributed by atoms with Gasteiger partial charge in [-0.3, -0.25) is 14.7 Å². The lowest BCUT2D eigenvalue weighted by molar-refractivity contribution is -0.150. The molecule has 2 N–H and O–H groups in total. The number of rotatable bonds is 4. The molecule has 1 aromatic rings. The van der Waals surface area contributed by atoms with Crippen LogP contribution in [0.15, 0.2) is 24.5 Å². The van der Waals surface area contributed by atoms with E-state index in [0.29, 0.717) is 0 Å². The minimum absolute atomic E-state index is 0.0112. The van der Waals surface area contributed by atoms with Gasteiger partial charge in [0.05, 0.1) is 11.6 Å². The van der Waals surface area contributed by atoms with Gasteiger partial charge in [0.25, 0.3) is 0 Å². The largest absolute Gasteiger partial charge is 0.343 e. The highest BCUT2D eigenvalue weighted by Gasteiger charge is 2.45. The lowest BCUT2D eigenvalue weighted by atomic mass is 9.89. The molecule has 5 heteroatoms. The fourth-order valence-corrected chi connectivity index (χ4v) is 3.16. The van der Waals surface area contributed by atoms with Crippen molar-refractivity contribution in [2.75, 3.05) is 20.1 Å². The molecule has 0 spiro atoms. The lowest BCUT2D eigenvalue weighted by Crippen LogP contribution is -2.64. The molecule has 1 aliphatic rings. The van der Waals surface area contributed by atoms with Gasteiger partial charge < -0.3 is 10.6 Å². The van der Waals surface area contributed by atoms with Gasteiger partial charge in [0.1, 0.15) is 0 Å². The lowest BCUT2D eigenvalue weighted by Gasteiger charge is -2.50. The zero-order valence-corrected chi connectivity index (χ0v) is 13.4. The summed E-state index contributed by atoms with van der Waals surface area (Å²) < 4.78 is 0. The van der Waals surface area contributed by atoms with Crippen molar-refractivity contribution in [3.63, 3.8) is 0 Å². The van der Waals surface area contributed by atoms with Crippen molar-refractivity contribution in [1.82, 2.24) is 14.8 Å². The van der Waals surface area contributed by atoms with Crippen LogP contribution < -0.4 is 5.73 Å². The Labute approximate surface area is 127 Å². The monoisotopic (exact) mass is 290 g/mol. The summed E-state index contributed by atoms with van der Waals surface area (Å²) in [7, 11) is 1.86. The standard InChI is InChI=1S/C16H26N4O/c1-5-13(17)14(12-6-8-18-9-7-12)20-11-10-19(4)15(21)16(20,2)3/h6-9,13-14H,5,10-11,17H2,1-4H3. The average Bonchev–Trinajstić information content (AvgIpc) is 2.48. The molecule has 2 atom stereocenters. The van der Waals surface area contributed by atoms with Crippen LogP contribution in [0.25, 0.3) is 0 Å². The number of likely N-dealkylation sites (N-methyl/N-ethyl adjacent to an activating group) is 1. The van der Waals surface area contributed by atoms with Gasteiger partial charge in [-0.1, -0.05) is 6.92 Å². The van der Waals surface area contributed by atoms with E-state index >= 15 is 0 Å². The molecule has 2 unspecified atom stereocenters. The molecule has 0 aliphatic carbocycles. The van der Waals surface area contributed by atoms with Gasteiger partial charge in [0.2, 0.25) is 5.91 Å². The Morgan fingerprint density at radius 3 is 2.52 bits per heavy atom. The molecule has 116 valence electrons. The first kappa shape index (κ1) is 15.9. The maximum atomic E-state index is 12.5. The van der Waals surface area contributed by atoms with Crippen molar-refractivity contribution in [2.24, 2.45) is 5.73 Å². The molecule has 0 radical (unpaired) electrons. The van der Waals surface area contributed by atoms with E-state index in [0.717, 1.165) is 25.1 Å². The summed E-state index contributed by atoms with van der Waals surface area (Å²) in [6.07, 6.45) is 4.44. The van der Waals surface area contributed by atoms with Crippen LogP contribution in [0.4, 0.5) is 0 Å². The fourth-order valence-electron chi connectivity index (χ4n) is 3.16. The maximum absolute atomic E-state index is 12.5. The van der Waals surface area contributed by atoms with Crippen molar-refractivity contribution in [3.05, 3.63) is 30.1 Å². The van der Waals surface area contributed by atoms with Crippen LogP contribution in [0.2, 0.25) is 0 Å². The number of hydrogen-bond donors (Lipinski definition) is 1. The second kappa shape index (κ2) is 6.12. The molecule has 2 heterocycles. The third-order valence-corrected chi connectivity index (χ3v) is 4.52. The van der Waals surface area contributed by atoms with Gasteiger partial charge in [0.15, 0.2) is 0 Å². The number of amides is 1. The zero-order chi connectivity index (χ0) is 15.6. The highest BCUT2D eigenvalue weighted by Crippen LogP contribution is 2.34. The molecule has 0 bridgehead atoms. The molecule has 21 heavy (non-hydrogen) atoms. The molecular weight excluding hydrogens is 264 g/mol. The first-order valence-corrected chi connectivity index (χ1v) is 7.57. The number of pyridine rings is 1. The summed E-state index contributed by atoms with van der Waals surface area (Å²) in [5.41, 5.74) is 6.98. The second-order valence-electron chi connectivity index (χ2n) is 6.28. The van der Waals surface area contributed by atoms with E-state index in [1.165, 1.54) is 0 Å². The molecule has 2 rings (SSSR count). The zero-order valence-electron chi connectivity index (χ0n) is 13.4. The van der Waals surface area contributed by atoms with Gasteiger partial charge >= 0.3 is 0 Å². The van der Waals surface area contributed by atoms with Gasteiger partial charge in [-0.15, -0.1) is 0 Å². The number of hydrogen-bond acceptors (Lipinski definition) is 4. The molecule has 1 aromatic heterocycles. The molecular formula is C16H26N4O. The molecule has 0 saturated carbocycles. The highest BCUT2D eigenvalue weighted by atomic mass is 16.2. The van der Waals surface area contributed by atoms with Gasteiger partial charge in [-0.05, 0) is 38.0 Å². The summed E-state index contributed by atoms with van der Waals surface area (Å²) in [6, 6.07) is 4.02. The van der Waals surface area contributed by atoms with E-state index < -0.39 is 5.54 Å². The van der Waals surface area contributed by atoms with E-state index in [1.54, 1.807) is 17.3 Å². The van der Waals surface area contributed by atoms with Crippen molar-refractivity contribution in [2.45, 2.75) is 44.8 Å². The smallest absolute Gasteiger partial charge is 0.242 e.